The van der Waals surface area contributed by atoms with Crippen LogP contribution in [0.15, 0.2) is 30.3 Å². The molecule has 1 amide bonds. The molecule has 2 aromatic rings. The minimum Gasteiger partial charge on any atom is -0.375 e. The number of nitrogens with one attached hydrogen (secondary N) is 1. The Morgan fingerprint density at radius 1 is 1.29 bits per heavy atom. The third-order valence-electron chi connectivity index (χ3n) is 5.48. The molecule has 1 unspecified atom stereocenters. The number of aromatic nitrogens is 1. The summed E-state index contributed by atoms with van der Waals surface area (Å²) in [4.78, 5) is 17.4. The van der Waals surface area contributed by atoms with E-state index < -0.39 is 0 Å². The smallest absolute Gasteiger partial charge is 0.227 e. The first-order valence-electron chi connectivity index (χ1n) is 8.96. The summed E-state index contributed by atoms with van der Waals surface area (Å²) in [6, 6.07) is 9.92. The zero-order chi connectivity index (χ0) is 16.6. The average molecular weight is 324 g/mol. The van der Waals surface area contributed by atoms with E-state index in [-0.39, 0.29) is 17.4 Å². The summed E-state index contributed by atoms with van der Waals surface area (Å²) in [5.74, 6) is 0.171. The van der Waals surface area contributed by atoms with E-state index in [1.54, 1.807) is 0 Å². The summed E-state index contributed by atoms with van der Waals surface area (Å²) in [6.45, 7) is 2.66. The third-order valence-corrected chi connectivity index (χ3v) is 5.48. The number of fused-ring (bicyclic) bond motifs is 1. The fraction of sp³-hybridized carbons (Fsp3) is 0.500. The first kappa shape index (κ1) is 15.6. The molecule has 0 radical (unpaired) electrons. The Kier molecular flexibility index (Phi) is 4.01. The lowest BCUT2D eigenvalue weighted by molar-refractivity contribution is -0.133. The predicted molar refractivity (Wildman–Crippen MR) is 95.0 cm³/mol. The van der Waals surface area contributed by atoms with Gasteiger partial charge in [0.15, 0.2) is 0 Å². The highest BCUT2D eigenvalue weighted by Crippen LogP contribution is 2.42. The Hall–Kier alpha value is -1.94. The van der Waals surface area contributed by atoms with Crippen molar-refractivity contribution in [1.82, 2.24) is 4.98 Å². The van der Waals surface area contributed by atoms with Crippen LogP contribution in [0.2, 0.25) is 0 Å². The highest BCUT2D eigenvalue weighted by Gasteiger charge is 2.41. The van der Waals surface area contributed by atoms with E-state index in [0.29, 0.717) is 6.61 Å². The second-order valence-corrected chi connectivity index (χ2v) is 7.25. The van der Waals surface area contributed by atoms with Gasteiger partial charge in [0.1, 0.15) is 0 Å². The summed E-state index contributed by atoms with van der Waals surface area (Å²) < 4.78 is 6.06. The van der Waals surface area contributed by atoms with Crippen LogP contribution in [-0.4, -0.2) is 23.1 Å². The number of ether oxygens (including phenoxy) is 1. The third kappa shape index (κ3) is 2.91. The number of hydrogen-bond donors (Lipinski definition) is 1. The molecule has 1 atom stereocenters. The Morgan fingerprint density at radius 2 is 2.08 bits per heavy atom. The summed E-state index contributed by atoms with van der Waals surface area (Å²) in [5.41, 5.74) is 2.68. The van der Waals surface area contributed by atoms with Gasteiger partial charge >= 0.3 is 0 Å². The van der Waals surface area contributed by atoms with Crippen LogP contribution in [0.3, 0.4) is 0 Å². The largest absolute Gasteiger partial charge is 0.375 e. The van der Waals surface area contributed by atoms with Crippen molar-refractivity contribution in [2.45, 2.75) is 51.0 Å². The van der Waals surface area contributed by atoms with E-state index >= 15 is 0 Å². The molecular weight excluding hydrogens is 300 g/mol. The van der Waals surface area contributed by atoms with E-state index in [2.05, 4.69) is 10.3 Å². The number of nitrogens with zero attached hydrogens (tertiary/aromatic N) is 1. The molecule has 2 aliphatic rings. The minimum absolute atomic E-state index is 0.0313. The van der Waals surface area contributed by atoms with Gasteiger partial charge in [-0.1, -0.05) is 31.0 Å². The van der Waals surface area contributed by atoms with Crippen LogP contribution in [0.25, 0.3) is 10.9 Å². The van der Waals surface area contributed by atoms with Crippen molar-refractivity contribution in [3.63, 3.8) is 0 Å². The second kappa shape index (κ2) is 6.17. The van der Waals surface area contributed by atoms with Crippen molar-refractivity contribution in [3.8, 4) is 0 Å². The fourth-order valence-electron chi connectivity index (χ4n) is 4.27. The summed E-state index contributed by atoms with van der Waals surface area (Å²) in [7, 11) is 0. The van der Waals surface area contributed by atoms with Crippen molar-refractivity contribution >= 4 is 22.5 Å². The molecule has 1 aromatic carbocycles. The highest BCUT2D eigenvalue weighted by molar-refractivity contribution is 6.01. The lowest BCUT2D eigenvalue weighted by Crippen LogP contribution is -2.41. The van der Waals surface area contributed by atoms with Gasteiger partial charge in [-0.25, -0.2) is 0 Å². The van der Waals surface area contributed by atoms with E-state index in [9.17, 15) is 4.79 Å². The minimum atomic E-state index is -0.0313. The molecule has 4 rings (SSSR count). The van der Waals surface area contributed by atoms with Crippen molar-refractivity contribution in [2.24, 2.45) is 5.92 Å². The Morgan fingerprint density at radius 3 is 2.92 bits per heavy atom. The summed E-state index contributed by atoms with van der Waals surface area (Å²) in [6.07, 6.45) is 6.34. The van der Waals surface area contributed by atoms with Gasteiger partial charge in [-0.3, -0.25) is 9.78 Å². The monoisotopic (exact) mass is 324 g/mol. The van der Waals surface area contributed by atoms with Crippen LogP contribution in [0.5, 0.6) is 0 Å². The molecule has 4 nitrogen and oxygen atoms in total. The zero-order valence-electron chi connectivity index (χ0n) is 14.2. The van der Waals surface area contributed by atoms with Gasteiger partial charge in [-0.05, 0) is 44.7 Å². The van der Waals surface area contributed by atoms with E-state index in [1.807, 2.05) is 37.3 Å². The SMILES string of the molecule is Cc1cc(NC(=O)C2CCOC3(CCCC3)C2)c2ccccc2n1. The van der Waals surface area contributed by atoms with Gasteiger partial charge in [-0.2, -0.15) is 0 Å². The molecule has 0 bridgehead atoms. The maximum Gasteiger partial charge on any atom is 0.227 e. The normalized spacial score (nSPS) is 22.8. The molecule has 24 heavy (non-hydrogen) atoms. The van der Waals surface area contributed by atoms with Crippen molar-refractivity contribution in [2.75, 3.05) is 11.9 Å². The Balaban J connectivity index is 1.56. The molecule has 1 saturated carbocycles. The van der Waals surface area contributed by atoms with Crippen LogP contribution >= 0.6 is 0 Å². The molecule has 126 valence electrons. The van der Waals surface area contributed by atoms with Crippen LogP contribution in [0.4, 0.5) is 5.69 Å². The lowest BCUT2D eigenvalue weighted by Gasteiger charge is -2.37. The second-order valence-electron chi connectivity index (χ2n) is 7.25. The number of rotatable bonds is 2. The zero-order valence-corrected chi connectivity index (χ0v) is 14.2. The van der Waals surface area contributed by atoms with Crippen LogP contribution in [0, 0.1) is 12.8 Å². The number of amides is 1. The van der Waals surface area contributed by atoms with Crippen molar-refractivity contribution in [1.29, 1.82) is 0 Å². The number of carbonyl (C=O) groups excluding carboxylic acids is 1. The number of hydrogen-bond acceptors (Lipinski definition) is 3. The quantitative estimate of drug-likeness (QED) is 0.900. The topological polar surface area (TPSA) is 51.2 Å². The first-order valence-corrected chi connectivity index (χ1v) is 8.96. The number of benzene rings is 1. The number of para-hydroxylation sites is 1. The molecule has 4 heteroatoms. The van der Waals surface area contributed by atoms with E-state index in [0.717, 1.165) is 48.0 Å². The molecule has 1 aliphatic heterocycles. The molecule has 1 N–H and O–H groups in total. The fourth-order valence-corrected chi connectivity index (χ4v) is 4.27. The van der Waals surface area contributed by atoms with Gasteiger partial charge in [0.25, 0.3) is 0 Å². The van der Waals surface area contributed by atoms with Crippen molar-refractivity contribution in [3.05, 3.63) is 36.0 Å². The van der Waals surface area contributed by atoms with E-state index in [1.165, 1.54) is 12.8 Å². The van der Waals surface area contributed by atoms with Crippen LogP contribution < -0.4 is 5.32 Å². The average Bonchev–Trinajstić information content (AvgIpc) is 3.02. The number of pyridine rings is 1. The van der Waals surface area contributed by atoms with Gasteiger partial charge < -0.3 is 10.1 Å². The van der Waals surface area contributed by atoms with Gasteiger partial charge in [0.05, 0.1) is 16.8 Å². The van der Waals surface area contributed by atoms with Gasteiger partial charge in [-0.15, -0.1) is 0 Å². The maximum absolute atomic E-state index is 12.9. The highest BCUT2D eigenvalue weighted by atomic mass is 16.5. The maximum atomic E-state index is 12.9. The Bertz CT molecular complexity index is 765. The number of anilines is 1. The lowest BCUT2D eigenvalue weighted by atomic mass is 9.84. The molecule has 1 spiro atoms. The molecular formula is C20H24N2O2. The van der Waals surface area contributed by atoms with Crippen molar-refractivity contribution < 1.29 is 9.53 Å². The number of aryl methyl sites for hydroxylation is 1. The Labute approximate surface area is 142 Å². The number of carbonyl (C=O) groups is 1. The molecule has 2 heterocycles. The first-order chi connectivity index (χ1) is 11.7. The summed E-state index contributed by atoms with van der Waals surface area (Å²) >= 11 is 0. The molecule has 1 saturated heterocycles. The predicted octanol–water partition coefficient (Wildman–Crippen LogP) is 4.22. The van der Waals surface area contributed by atoms with Crippen LogP contribution in [-0.2, 0) is 9.53 Å². The standard InChI is InChI=1S/C20H24N2O2/c1-14-12-18(16-6-2-3-7-17(16)21-14)22-19(23)15-8-11-24-20(13-15)9-4-5-10-20/h2-3,6-7,12,15H,4-5,8-11,13H2,1H3,(H,21,22,23). The summed E-state index contributed by atoms with van der Waals surface area (Å²) in [5, 5.41) is 4.17. The van der Waals surface area contributed by atoms with Crippen LogP contribution in [0.1, 0.15) is 44.2 Å². The van der Waals surface area contributed by atoms with Gasteiger partial charge in [0, 0.05) is 23.6 Å². The van der Waals surface area contributed by atoms with E-state index in [4.69, 9.17) is 4.74 Å². The molecule has 2 fully saturated rings. The van der Waals surface area contributed by atoms with Gasteiger partial charge in [0.2, 0.25) is 5.91 Å². The molecule has 1 aromatic heterocycles. The molecule has 1 aliphatic carbocycles.